The van der Waals surface area contributed by atoms with E-state index in [0.29, 0.717) is 19.8 Å². The third kappa shape index (κ3) is 13.7. The second-order valence-corrected chi connectivity index (χ2v) is 9.52. The molecule has 0 rings (SSSR count). The van der Waals surface area contributed by atoms with Crippen LogP contribution in [-0.2, 0) is 13.3 Å². The molecule has 0 atom stereocenters. The predicted molar refractivity (Wildman–Crippen MR) is 110 cm³/mol. The number of hydrogen-bond donors (Lipinski definition) is 1. The number of rotatable bonds is 19. The average Bonchev–Trinajstić information content (AvgIpc) is 2.56. The van der Waals surface area contributed by atoms with Gasteiger partial charge in [-0.1, -0.05) is 57.8 Å². The van der Waals surface area contributed by atoms with Gasteiger partial charge >= 0.3 is 8.80 Å². The monoisotopic (exact) mass is 378 g/mol. The van der Waals surface area contributed by atoms with Crippen molar-refractivity contribution in [3.8, 4) is 0 Å². The molecule has 0 aliphatic rings. The molecule has 0 saturated carbocycles. The van der Waals surface area contributed by atoms with Crippen molar-refractivity contribution in [1.29, 1.82) is 0 Å². The van der Waals surface area contributed by atoms with Crippen LogP contribution in [0.5, 0.6) is 0 Å². The van der Waals surface area contributed by atoms with E-state index in [0.717, 1.165) is 18.2 Å². The lowest BCUT2D eigenvalue weighted by Crippen LogP contribution is -2.45. The van der Waals surface area contributed by atoms with Gasteiger partial charge in [-0.25, -0.2) is 0 Å². The molecule has 0 spiro atoms. The van der Waals surface area contributed by atoms with Crippen molar-refractivity contribution in [2.75, 3.05) is 25.6 Å². The van der Waals surface area contributed by atoms with Crippen molar-refractivity contribution in [1.82, 2.24) is 0 Å². The van der Waals surface area contributed by atoms with Crippen LogP contribution in [0.25, 0.3) is 0 Å². The van der Waals surface area contributed by atoms with Crippen LogP contribution in [0.2, 0.25) is 6.04 Å². The molecule has 0 radical (unpaired) electrons. The van der Waals surface area contributed by atoms with Crippen LogP contribution in [-0.4, -0.2) is 34.4 Å². The Balaban J connectivity index is 3.60. The fourth-order valence-electron chi connectivity index (χ4n) is 3.05. The first-order chi connectivity index (χ1) is 11.7. The van der Waals surface area contributed by atoms with Gasteiger partial charge in [0, 0.05) is 25.9 Å². The zero-order chi connectivity index (χ0) is 17.9. The van der Waals surface area contributed by atoms with Crippen LogP contribution in [0, 0.1) is 0 Å². The molecule has 24 heavy (non-hydrogen) atoms. The maximum atomic E-state index is 5.90. The summed E-state index contributed by atoms with van der Waals surface area (Å²) >= 11 is 4.25. The standard InChI is InChI=1S/C19H42O3SSi/c1-4-20-24(21-5-2,22-6-3)19-17-15-13-11-9-7-8-10-12-14-16-18-23/h23H,4-19H2,1-3H3. The first-order valence-electron chi connectivity index (χ1n) is 10.3. The molecule has 5 heteroatoms. The van der Waals surface area contributed by atoms with Gasteiger partial charge in [0.1, 0.15) is 0 Å². The van der Waals surface area contributed by atoms with E-state index >= 15 is 0 Å². The zero-order valence-electron chi connectivity index (χ0n) is 16.5. The van der Waals surface area contributed by atoms with Crippen LogP contribution in [0.4, 0.5) is 0 Å². The molecule has 0 heterocycles. The summed E-state index contributed by atoms with van der Waals surface area (Å²) in [7, 11) is -2.40. The van der Waals surface area contributed by atoms with Gasteiger partial charge in [0.05, 0.1) is 0 Å². The van der Waals surface area contributed by atoms with Gasteiger partial charge in [0.2, 0.25) is 0 Å². The number of unbranched alkanes of at least 4 members (excludes halogenated alkanes) is 10. The van der Waals surface area contributed by atoms with Crippen molar-refractivity contribution < 1.29 is 13.3 Å². The number of thiol groups is 1. The Labute approximate surface area is 158 Å². The highest BCUT2D eigenvalue weighted by molar-refractivity contribution is 7.80. The minimum absolute atomic E-state index is 0.681. The van der Waals surface area contributed by atoms with Gasteiger partial charge in [0.25, 0.3) is 0 Å². The van der Waals surface area contributed by atoms with E-state index in [9.17, 15) is 0 Å². The van der Waals surface area contributed by atoms with Gasteiger partial charge in [0.15, 0.2) is 0 Å². The van der Waals surface area contributed by atoms with E-state index in [4.69, 9.17) is 13.3 Å². The number of hydrogen-bond acceptors (Lipinski definition) is 4. The smallest absolute Gasteiger partial charge is 0.374 e. The van der Waals surface area contributed by atoms with Gasteiger partial charge in [-0.05, 0) is 39.4 Å². The van der Waals surface area contributed by atoms with E-state index in [2.05, 4.69) is 12.6 Å². The lowest BCUT2D eigenvalue weighted by Gasteiger charge is -2.28. The van der Waals surface area contributed by atoms with Crippen molar-refractivity contribution in [2.45, 2.75) is 97.4 Å². The molecule has 3 nitrogen and oxygen atoms in total. The molecule has 0 saturated heterocycles. The predicted octanol–water partition coefficient (Wildman–Crippen LogP) is 6.26. The van der Waals surface area contributed by atoms with Crippen LogP contribution in [0.1, 0.15) is 91.4 Å². The molecule has 0 aliphatic carbocycles. The van der Waals surface area contributed by atoms with E-state index in [1.165, 1.54) is 64.2 Å². The minimum atomic E-state index is -2.40. The van der Waals surface area contributed by atoms with Crippen molar-refractivity contribution in [3.05, 3.63) is 0 Å². The molecule has 0 N–H and O–H groups in total. The fourth-order valence-corrected chi connectivity index (χ4v) is 5.95. The third-order valence-corrected chi connectivity index (χ3v) is 7.70. The average molecular weight is 379 g/mol. The lowest BCUT2D eigenvalue weighted by molar-refractivity contribution is 0.0706. The maximum absolute atomic E-state index is 5.90. The first-order valence-corrected chi connectivity index (χ1v) is 12.8. The Kier molecular flexibility index (Phi) is 18.6. The summed E-state index contributed by atoms with van der Waals surface area (Å²) in [4.78, 5) is 0. The van der Waals surface area contributed by atoms with Crippen molar-refractivity contribution in [2.24, 2.45) is 0 Å². The fraction of sp³-hybridized carbons (Fsp3) is 1.00. The van der Waals surface area contributed by atoms with Crippen LogP contribution >= 0.6 is 12.6 Å². The summed E-state index contributed by atoms with van der Waals surface area (Å²) in [5.41, 5.74) is 0. The third-order valence-electron chi connectivity index (χ3n) is 4.23. The maximum Gasteiger partial charge on any atom is 0.500 e. The lowest BCUT2D eigenvalue weighted by atomic mass is 10.1. The van der Waals surface area contributed by atoms with E-state index in [1.807, 2.05) is 20.8 Å². The van der Waals surface area contributed by atoms with Crippen LogP contribution in [0.15, 0.2) is 0 Å². The molecule has 0 unspecified atom stereocenters. The van der Waals surface area contributed by atoms with Gasteiger partial charge in [-0.3, -0.25) is 0 Å². The molecule has 0 fully saturated rings. The highest BCUT2D eigenvalue weighted by Crippen LogP contribution is 2.21. The molecule has 0 amide bonds. The second kappa shape index (κ2) is 18.2. The second-order valence-electron chi connectivity index (χ2n) is 6.34. The topological polar surface area (TPSA) is 27.7 Å². The van der Waals surface area contributed by atoms with Gasteiger partial charge in [-0.15, -0.1) is 0 Å². The van der Waals surface area contributed by atoms with E-state index in [1.54, 1.807) is 0 Å². The van der Waals surface area contributed by atoms with Crippen LogP contribution < -0.4 is 0 Å². The molecule has 0 aromatic rings. The van der Waals surface area contributed by atoms with E-state index in [-0.39, 0.29) is 0 Å². The summed E-state index contributed by atoms with van der Waals surface area (Å²) in [6.07, 6.45) is 14.7. The molecule has 146 valence electrons. The van der Waals surface area contributed by atoms with Crippen molar-refractivity contribution in [3.63, 3.8) is 0 Å². The summed E-state index contributed by atoms with van der Waals surface area (Å²) < 4.78 is 17.7. The molecule has 0 aliphatic heterocycles. The van der Waals surface area contributed by atoms with E-state index < -0.39 is 8.80 Å². The summed E-state index contributed by atoms with van der Waals surface area (Å²) in [5.74, 6) is 1.04. The Bertz CT molecular complexity index is 238. The molecule has 0 aromatic carbocycles. The highest BCUT2D eigenvalue weighted by Gasteiger charge is 2.39. The minimum Gasteiger partial charge on any atom is -0.374 e. The SMILES string of the molecule is CCO[Si](CCCCCCCCCCCCCS)(OCC)OCC. The largest absolute Gasteiger partial charge is 0.500 e. The summed E-state index contributed by atoms with van der Waals surface area (Å²) in [6.45, 7) is 8.12. The van der Waals surface area contributed by atoms with Gasteiger partial charge < -0.3 is 13.3 Å². The molecule has 0 bridgehead atoms. The quantitative estimate of drug-likeness (QED) is 0.163. The first kappa shape index (κ1) is 24.4. The Morgan fingerprint density at radius 2 is 0.875 bits per heavy atom. The normalized spacial score (nSPS) is 12.0. The Morgan fingerprint density at radius 3 is 1.21 bits per heavy atom. The molecular weight excluding hydrogens is 336 g/mol. The Hall–Kier alpha value is 0.447. The zero-order valence-corrected chi connectivity index (χ0v) is 18.4. The summed E-state index contributed by atoms with van der Waals surface area (Å²) in [6, 6.07) is 0.966. The van der Waals surface area contributed by atoms with Gasteiger partial charge in [-0.2, -0.15) is 12.6 Å². The molecule has 0 aromatic heterocycles. The van der Waals surface area contributed by atoms with Crippen LogP contribution in [0.3, 0.4) is 0 Å². The van der Waals surface area contributed by atoms with Crippen molar-refractivity contribution >= 4 is 21.4 Å². The summed E-state index contributed by atoms with van der Waals surface area (Å²) in [5, 5.41) is 0. The Morgan fingerprint density at radius 1 is 0.542 bits per heavy atom. The highest BCUT2D eigenvalue weighted by atomic mass is 32.1. The molecular formula is C19H42O3SSi.